The number of nitrogens with zero attached hydrogens (tertiary/aromatic N) is 2. The van der Waals surface area contributed by atoms with Gasteiger partial charge in [-0.15, -0.1) is 0 Å². The number of aliphatic hydroxyl groups is 1. The van der Waals surface area contributed by atoms with Crippen molar-refractivity contribution in [3.8, 4) is 0 Å². The van der Waals surface area contributed by atoms with Crippen LogP contribution in [0.1, 0.15) is 109 Å². The zero-order valence-corrected chi connectivity index (χ0v) is 39.7. The summed E-state index contributed by atoms with van der Waals surface area (Å²) in [5.41, 5.74) is -3.62. The molecule has 17 heteroatoms. The van der Waals surface area contributed by atoms with Gasteiger partial charge in [-0.3, -0.25) is 14.4 Å². The van der Waals surface area contributed by atoms with E-state index in [1.807, 2.05) is 46.7 Å². The second kappa shape index (κ2) is 21.1. The molecule has 0 aromatic carbocycles. The Balaban J connectivity index is 1.99. The molecule has 4 heterocycles. The summed E-state index contributed by atoms with van der Waals surface area (Å²) >= 11 is 0. The van der Waals surface area contributed by atoms with Gasteiger partial charge in [0.05, 0.1) is 67.3 Å². The Morgan fingerprint density at radius 1 is 0.919 bits per heavy atom. The molecule has 0 radical (unpaired) electrons. The number of carbonyl (C=O) groups is 3. The van der Waals surface area contributed by atoms with Crippen molar-refractivity contribution in [1.29, 1.82) is 0 Å². The smallest absolute Gasteiger partial charge is 0.311 e. The molecule has 4 rings (SSSR count). The van der Waals surface area contributed by atoms with Crippen molar-refractivity contribution in [3.05, 3.63) is 17.1 Å². The van der Waals surface area contributed by atoms with Gasteiger partial charge in [0.15, 0.2) is 24.8 Å². The van der Waals surface area contributed by atoms with Crippen LogP contribution in [0, 0.1) is 28.6 Å². The molecule has 0 spiro atoms. The van der Waals surface area contributed by atoms with Crippen molar-refractivity contribution in [2.75, 3.05) is 34.4 Å². The van der Waals surface area contributed by atoms with Gasteiger partial charge in [0.25, 0.3) is 0 Å². The van der Waals surface area contributed by atoms with Gasteiger partial charge >= 0.3 is 17.9 Å². The summed E-state index contributed by atoms with van der Waals surface area (Å²) in [5.74, 6) is -4.67. The average Bonchev–Trinajstić information content (AvgIpc) is 3.19. The Kier molecular flexibility index (Phi) is 17.7. The quantitative estimate of drug-likeness (QED) is 0.131. The van der Waals surface area contributed by atoms with Gasteiger partial charge in [-0.05, 0) is 86.4 Å². The van der Waals surface area contributed by atoms with E-state index in [1.54, 1.807) is 41.5 Å². The van der Waals surface area contributed by atoms with Crippen LogP contribution in [-0.2, 0) is 61.8 Å². The molecule has 0 aromatic rings. The Morgan fingerprint density at radius 3 is 2.13 bits per heavy atom. The third-order valence-electron chi connectivity index (χ3n) is 13.7. The van der Waals surface area contributed by atoms with Gasteiger partial charge in [0.1, 0.15) is 17.3 Å². The average molecular weight is 885 g/mol. The lowest BCUT2D eigenvalue weighted by atomic mass is 9.72. The first-order valence-electron chi connectivity index (χ1n) is 22.2. The summed E-state index contributed by atoms with van der Waals surface area (Å²) in [5, 5.41) is 16.1. The normalized spacial score (nSPS) is 45.2. The molecule has 0 amide bonds. The van der Waals surface area contributed by atoms with Gasteiger partial charge in [-0.25, -0.2) is 0 Å². The lowest BCUT2D eigenvalue weighted by Gasteiger charge is -2.51. The maximum absolute atomic E-state index is 14.7. The highest BCUT2D eigenvalue weighted by atomic mass is 16.7. The molecule has 1 N–H and O–H groups in total. The first-order valence-corrected chi connectivity index (χ1v) is 22.2. The van der Waals surface area contributed by atoms with Crippen LogP contribution in [-0.4, -0.2) is 153 Å². The van der Waals surface area contributed by atoms with Crippen molar-refractivity contribution in [3.63, 3.8) is 0 Å². The molecule has 356 valence electrons. The number of carbonyl (C=O) groups excluding carboxylic acids is 3. The zero-order chi connectivity index (χ0) is 46.6. The number of ether oxygens (including phenoxy) is 10. The van der Waals surface area contributed by atoms with Gasteiger partial charge in [0, 0.05) is 39.2 Å². The van der Waals surface area contributed by atoms with Gasteiger partial charge < -0.3 is 57.4 Å². The van der Waals surface area contributed by atoms with Crippen LogP contribution in [0.2, 0.25) is 0 Å². The molecule has 4 saturated heterocycles. The molecule has 1 unspecified atom stereocenters. The number of fused-ring (bicyclic) bond motifs is 5. The van der Waals surface area contributed by atoms with Crippen LogP contribution in [0.3, 0.4) is 0 Å². The highest BCUT2D eigenvalue weighted by Gasteiger charge is 2.56. The maximum atomic E-state index is 14.7. The molecule has 2 bridgehead atoms. The minimum Gasteiger partial charge on any atom is -0.459 e. The van der Waals surface area contributed by atoms with Gasteiger partial charge in [0.2, 0.25) is 0 Å². The number of nitroso groups, excluding NO2 is 1. The molecule has 0 aliphatic carbocycles. The van der Waals surface area contributed by atoms with Gasteiger partial charge in [-0.1, -0.05) is 39.5 Å². The molecule has 0 saturated carbocycles. The fourth-order valence-corrected chi connectivity index (χ4v) is 10.4. The summed E-state index contributed by atoms with van der Waals surface area (Å²) in [7, 11) is 5.31. The standard InChI is InChI=1S/C45H76N2O15/c1-17-33-45(13,51)39-26(5)35(46-52)24(3)19-44(12,55-22-23(2)21-54-39)38(62-42-37(58-30(9)48)32(47(14)15)18-25(4)56-42)27(6)36(28(7)41(50)60-33)61-34-20-43(11,53-16)40(29(8)57-34)59-31(10)49/h24-29,32-40,42,51H,2,17-22H2,1,3-16H3/t24-,25-,26+,27+,28-,29+,32+,33-,34+,35?,36+,37-,38-,39-,40+,42+,43-,44-,45-/m1/s1. The van der Waals surface area contributed by atoms with E-state index in [2.05, 4.69) is 11.8 Å². The van der Waals surface area contributed by atoms with Crippen LogP contribution >= 0.6 is 0 Å². The minimum atomic E-state index is -1.79. The summed E-state index contributed by atoms with van der Waals surface area (Å²) < 4.78 is 64.4. The summed E-state index contributed by atoms with van der Waals surface area (Å²) in [4.78, 5) is 54.6. The largest absolute Gasteiger partial charge is 0.459 e. The molecule has 0 aromatic heterocycles. The molecule has 62 heavy (non-hydrogen) atoms. The van der Waals surface area contributed by atoms with E-state index in [0.717, 1.165) is 0 Å². The number of methoxy groups -OCH3 is 1. The molecule has 17 nitrogen and oxygen atoms in total. The van der Waals surface area contributed by atoms with Crippen molar-refractivity contribution >= 4 is 17.9 Å². The van der Waals surface area contributed by atoms with E-state index in [9.17, 15) is 24.4 Å². The molecular formula is C45H76N2O15. The molecule has 4 fully saturated rings. The molecule has 4 aliphatic rings. The van der Waals surface area contributed by atoms with Crippen LogP contribution in [0.25, 0.3) is 0 Å². The van der Waals surface area contributed by atoms with E-state index in [0.29, 0.717) is 12.0 Å². The highest BCUT2D eigenvalue weighted by molar-refractivity contribution is 5.73. The van der Waals surface area contributed by atoms with Crippen LogP contribution < -0.4 is 0 Å². The van der Waals surface area contributed by atoms with Crippen LogP contribution in [0.5, 0.6) is 0 Å². The zero-order valence-electron chi connectivity index (χ0n) is 39.7. The van der Waals surface area contributed by atoms with Crippen molar-refractivity contribution in [1.82, 2.24) is 4.90 Å². The van der Waals surface area contributed by atoms with Crippen molar-refractivity contribution in [2.45, 2.75) is 199 Å². The predicted molar refractivity (Wildman–Crippen MR) is 227 cm³/mol. The molecule has 4 aliphatic heterocycles. The monoisotopic (exact) mass is 885 g/mol. The van der Waals surface area contributed by atoms with Crippen molar-refractivity contribution < 1.29 is 66.9 Å². The van der Waals surface area contributed by atoms with E-state index in [4.69, 9.17) is 47.4 Å². The van der Waals surface area contributed by atoms with Crippen LogP contribution in [0.15, 0.2) is 17.3 Å². The number of hydrogen-bond donors (Lipinski definition) is 1. The number of esters is 3. The van der Waals surface area contributed by atoms with Gasteiger partial charge in [-0.2, -0.15) is 4.91 Å². The van der Waals surface area contributed by atoms with E-state index >= 15 is 0 Å². The molecular weight excluding hydrogens is 808 g/mol. The maximum Gasteiger partial charge on any atom is 0.311 e. The SMILES string of the molecule is C=C1CO[C@@H]2[C@@H](C)C(N=O)[C@H](C)C[C@@](C)(OC1)[C@H](O[C@@H]1O[C@H](C)C[C@H](N(C)C)[C@H]1OC(C)=O)[C@@H](C)[C@H](O[C@H]1C[C@@](C)(OC)[C@@H](OC(C)=O)[C@H](C)O1)[C@@H](C)C(=O)O[C@H](CC)[C@@]2(C)O. The summed E-state index contributed by atoms with van der Waals surface area (Å²) in [6, 6.07) is -1.21. The second-order valence-corrected chi connectivity index (χ2v) is 19.3. The summed E-state index contributed by atoms with van der Waals surface area (Å²) in [6.45, 7) is 24.8. The van der Waals surface area contributed by atoms with E-state index < -0.39 is 120 Å². The predicted octanol–water partition coefficient (Wildman–Crippen LogP) is 5.11. The molecule has 19 atom stereocenters. The Morgan fingerprint density at radius 2 is 1.56 bits per heavy atom. The first-order chi connectivity index (χ1) is 28.8. The Hall–Kier alpha value is -2.61. The minimum absolute atomic E-state index is 0.00541. The topological polar surface area (TPSA) is 196 Å². The third kappa shape index (κ3) is 11.6. The Bertz CT molecular complexity index is 1560. The number of likely N-dealkylation sites (N-methyl/N-ethyl adjacent to an activating group) is 1. The summed E-state index contributed by atoms with van der Waals surface area (Å²) in [6.07, 6.45) is -7.94. The number of hydrogen-bond acceptors (Lipinski definition) is 17. The lowest BCUT2D eigenvalue weighted by Crippen LogP contribution is -2.62. The van der Waals surface area contributed by atoms with E-state index in [-0.39, 0.29) is 44.6 Å². The third-order valence-corrected chi connectivity index (χ3v) is 13.7. The fraction of sp³-hybridized carbons (Fsp3) is 0.889. The van der Waals surface area contributed by atoms with Crippen LogP contribution in [0.4, 0.5) is 0 Å². The number of rotatable bonds is 10. The second-order valence-electron chi connectivity index (χ2n) is 19.3. The first kappa shape index (κ1) is 52.0. The highest BCUT2D eigenvalue weighted by Crippen LogP contribution is 2.44. The number of cyclic esters (lactones) is 1. The van der Waals surface area contributed by atoms with Crippen molar-refractivity contribution in [2.24, 2.45) is 28.8 Å². The fourth-order valence-electron chi connectivity index (χ4n) is 10.4. The lowest BCUT2D eigenvalue weighted by molar-refractivity contribution is -0.322. The Labute approximate surface area is 368 Å². The van der Waals surface area contributed by atoms with E-state index in [1.165, 1.54) is 21.0 Å².